The van der Waals surface area contributed by atoms with Gasteiger partial charge in [-0.15, -0.1) is 0 Å². The van der Waals surface area contributed by atoms with Gasteiger partial charge in [0.25, 0.3) is 0 Å². The van der Waals surface area contributed by atoms with Crippen molar-refractivity contribution >= 4 is 29.1 Å². The minimum Gasteiger partial charge on any atom is -0.342 e. The summed E-state index contributed by atoms with van der Waals surface area (Å²) in [6, 6.07) is 15.3. The fourth-order valence-corrected chi connectivity index (χ4v) is 5.50. The van der Waals surface area contributed by atoms with Crippen molar-refractivity contribution in [3.8, 4) is 11.4 Å². The predicted molar refractivity (Wildman–Crippen MR) is 125 cm³/mol. The van der Waals surface area contributed by atoms with Crippen LogP contribution in [0.1, 0.15) is 55.9 Å². The summed E-state index contributed by atoms with van der Waals surface area (Å²) in [5.41, 5.74) is 1.44. The second-order valence-electron chi connectivity index (χ2n) is 8.80. The van der Waals surface area contributed by atoms with Gasteiger partial charge in [0.2, 0.25) is 17.6 Å². The quantitative estimate of drug-likeness (QED) is 0.452. The highest BCUT2D eigenvalue weighted by atomic mass is 35.5. The molecule has 0 bridgehead atoms. The molecule has 1 aliphatic heterocycles. The van der Waals surface area contributed by atoms with E-state index in [0.717, 1.165) is 49.7 Å². The Balaban J connectivity index is 1.29. The van der Waals surface area contributed by atoms with Gasteiger partial charge in [-0.25, -0.2) is 0 Å². The molecule has 5 nitrogen and oxygen atoms in total. The molecule has 0 N–H and O–H groups in total. The molecule has 2 aliphatic rings. The summed E-state index contributed by atoms with van der Waals surface area (Å²) in [5, 5.41) is 5.44. The van der Waals surface area contributed by atoms with E-state index in [2.05, 4.69) is 10.1 Å². The first-order chi connectivity index (χ1) is 15.6. The molecule has 2 fully saturated rings. The molecule has 1 aromatic heterocycles. The lowest BCUT2D eigenvalue weighted by Crippen LogP contribution is -2.48. The molecule has 1 saturated heterocycles. The first kappa shape index (κ1) is 21.5. The van der Waals surface area contributed by atoms with Gasteiger partial charge in [0.1, 0.15) is 0 Å². The van der Waals surface area contributed by atoms with E-state index in [1.165, 1.54) is 0 Å². The van der Waals surface area contributed by atoms with Gasteiger partial charge in [0, 0.05) is 29.6 Å². The number of likely N-dealkylation sites (tertiary alicyclic amines) is 1. The average Bonchev–Trinajstić information content (AvgIpc) is 3.51. The molecule has 0 spiro atoms. The molecule has 2 heterocycles. The van der Waals surface area contributed by atoms with Crippen molar-refractivity contribution in [2.24, 2.45) is 0 Å². The normalized spacial score (nSPS) is 18.8. The number of carbonyl (C=O) groups is 1. The number of nitrogens with zero attached hydrogens (tertiary/aromatic N) is 3. The highest BCUT2D eigenvalue weighted by Crippen LogP contribution is 2.44. The van der Waals surface area contributed by atoms with E-state index < -0.39 is 5.41 Å². The Morgan fingerprint density at radius 2 is 1.69 bits per heavy atom. The van der Waals surface area contributed by atoms with Crippen LogP contribution >= 0.6 is 23.2 Å². The second-order valence-corrected chi connectivity index (χ2v) is 9.64. The smallest absolute Gasteiger partial charge is 0.233 e. The Labute approximate surface area is 197 Å². The van der Waals surface area contributed by atoms with E-state index in [1.54, 1.807) is 0 Å². The average molecular weight is 470 g/mol. The standard InChI is InChI=1S/C25H25Cl2N3O2/c26-19-9-7-18(8-10-19)25(13-3-4-14-25)24(31)30-15-11-17(12-16-30)23-28-22(29-32-23)20-5-1-2-6-21(20)27/h1-2,5-10,17H,3-4,11-16H2. The molecule has 1 saturated carbocycles. The van der Waals surface area contributed by atoms with Crippen molar-refractivity contribution in [3.05, 3.63) is 70.0 Å². The van der Waals surface area contributed by atoms with Crippen molar-refractivity contribution in [2.75, 3.05) is 13.1 Å². The molecule has 1 amide bonds. The van der Waals surface area contributed by atoms with Crippen LogP contribution in [-0.2, 0) is 10.2 Å². The molecule has 7 heteroatoms. The molecule has 0 unspecified atom stereocenters. The lowest BCUT2D eigenvalue weighted by molar-refractivity contribution is -0.138. The van der Waals surface area contributed by atoms with Gasteiger partial charge in [-0.2, -0.15) is 4.98 Å². The zero-order valence-electron chi connectivity index (χ0n) is 17.8. The summed E-state index contributed by atoms with van der Waals surface area (Å²) in [7, 11) is 0. The van der Waals surface area contributed by atoms with Crippen LogP contribution in [-0.4, -0.2) is 34.0 Å². The van der Waals surface area contributed by atoms with Crippen molar-refractivity contribution in [1.82, 2.24) is 15.0 Å². The third kappa shape index (κ3) is 3.93. The first-order valence-corrected chi connectivity index (χ1v) is 12.0. The number of piperidine rings is 1. The summed E-state index contributed by atoms with van der Waals surface area (Å²) in [5.74, 6) is 1.54. The zero-order valence-corrected chi connectivity index (χ0v) is 19.3. The lowest BCUT2D eigenvalue weighted by Gasteiger charge is -2.38. The molecule has 5 rings (SSSR count). The SMILES string of the molecule is O=C(N1CCC(c2nc(-c3ccccc3Cl)no2)CC1)C1(c2ccc(Cl)cc2)CCCC1. The van der Waals surface area contributed by atoms with Gasteiger partial charge in [-0.1, -0.05) is 65.5 Å². The molecular formula is C25H25Cl2N3O2. The van der Waals surface area contributed by atoms with Gasteiger partial charge in [0.15, 0.2) is 0 Å². The second kappa shape index (κ2) is 8.87. The molecule has 0 atom stereocenters. The minimum absolute atomic E-state index is 0.151. The number of rotatable bonds is 4. The van der Waals surface area contributed by atoms with E-state index in [9.17, 15) is 4.79 Å². The van der Waals surface area contributed by atoms with E-state index in [1.807, 2.05) is 53.4 Å². The van der Waals surface area contributed by atoms with Gasteiger partial charge in [-0.05, 0) is 55.5 Å². The number of aromatic nitrogens is 2. The highest BCUT2D eigenvalue weighted by molar-refractivity contribution is 6.33. The van der Waals surface area contributed by atoms with Crippen molar-refractivity contribution < 1.29 is 9.32 Å². The molecule has 0 radical (unpaired) electrons. The van der Waals surface area contributed by atoms with Crippen LogP contribution in [0.4, 0.5) is 0 Å². The number of halogens is 2. The molecule has 1 aliphatic carbocycles. The third-order valence-corrected chi connectivity index (χ3v) is 7.53. The summed E-state index contributed by atoms with van der Waals surface area (Å²) in [6.07, 6.45) is 5.59. The van der Waals surface area contributed by atoms with Crippen LogP contribution in [0.15, 0.2) is 53.1 Å². The lowest BCUT2D eigenvalue weighted by atomic mass is 9.77. The fourth-order valence-electron chi connectivity index (χ4n) is 5.16. The third-order valence-electron chi connectivity index (χ3n) is 6.95. The summed E-state index contributed by atoms with van der Waals surface area (Å²) >= 11 is 12.4. The molecule has 32 heavy (non-hydrogen) atoms. The van der Waals surface area contributed by atoms with E-state index >= 15 is 0 Å². The largest absolute Gasteiger partial charge is 0.342 e. The Morgan fingerprint density at radius 3 is 2.38 bits per heavy atom. The predicted octanol–water partition coefficient (Wildman–Crippen LogP) is 6.26. The van der Waals surface area contributed by atoms with Gasteiger partial charge in [0.05, 0.1) is 10.4 Å². The van der Waals surface area contributed by atoms with Crippen LogP contribution in [0.25, 0.3) is 11.4 Å². The maximum absolute atomic E-state index is 13.7. The maximum Gasteiger partial charge on any atom is 0.233 e. The number of hydrogen-bond donors (Lipinski definition) is 0. The molecular weight excluding hydrogens is 445 g/mol. The van der Waals surface area contributed by atoms with Crippen molar-refractivity contribution in [3.63, 3.8) is 0 Å². The Hall–Kier alpha value is -2.37. The Kier molecular flexibility index (Phi) is 5.95. The number of amides is 1. The fraction of sp³-hybridized carbons (Fsp3) is 0.400. The molecule has 166 valence electrons. The van der Waals surface area contributed by atoms with Crippen LogP contribution in [0.2, 0.25) is 10.0 Å². The van der Waals surface area contributed by atoms with E-state index in [4.69, 9.17) is 27.7 Å². The Bertz CT molecular complexity index is 1100. The first-order valence-electron chi connectivity index (χ1n) is 11.2. The number of carbonyl (C=O) groups excluding carboxylic acids is 1. The van der Waals surface area contributed by atoms with Crippen LogP contribution in [0.5, 0.6) is 0 Å². The summed E-state index contributed by atoms with van der Waals surface area (Å²) in [6.45, 7) is 1.39. The zero-order chi connectivity index (χ0) is 22.1. The number of hydrogen-bond acceptors (Lipinski definition) is 4. The summed E-state index contributed by atoms with van der Waals surface area (Å²) in [4.78, 5) is 20.3. The highest BCUT2D eigenvalue weighted by Gasteiger charge is 2.45. The van der Waals surface area contributed by atoms with Crippen molar-refractivity contribution in [1.29, 1.82) is 0 Å². The monoisotopic (exact) mass is 469 g/mol. The minimum atomic E-state index is -0.418. The van der Waals surface area contributed by atoms with Crippen molar-refractivity contribution in [2.45, 2.75) is 49.9 Å². The maximum atomic E-state index is 13.7. The molecule has 3 aromatic rings. The molecule has 2 aromatic carbocycles. The van der Waals surface area contributed by atoms with Gasteiger partial charge >= 0.3 is 0 Å². The number of benzene rings is 2. The summed E-state index contributed by atoms with van der Waals surface area (Å²) < 4.78 is 5.57. The Morgan fingerprint density at radius 1 is 1.00 bits per heavy atom. The van der Waals surface area contributed by atoms with Crippen LogP contribution in [0.3, 0.4) is 0 Å². The van der Waals surface area contributed by atoms with E-state index in [0.29, 0.717) is 34.8 Å². The van der Waals surface area contributed by atoms with Crippen LogP contribution in [0, 0.1) is 0 Å². The van der Waals surface area contributed by atoms with Gasteiger partial charge < -0.3 is 9.42 Å². The topological polar surface area (TPSA) is 59.2 Å². The van der Waals surface area contributed by atoms with Gasteiger partial charge in [-0.3, -0.25) is 4.79 Å². The van der Waals surface area contributed by atoms with E-state index in [-0.39, 0.29) is 11.8 Å². The van der Waals surface area contributed by atoms with Crippen LogP contribution < -0.4 is 0 Å².